The minimum Gasteiger partial charge on any atom is -0.507 e. The van der Waals surface area contributed by atoms with Crippen LogP contribution in [0.2, 0.25) is 0 Å². The van der Waals surface area contributed by atoms with Crippen LogP contribution in [0.5, 0.6) is 5.75 Å². The van der Waals surface area contributed by atoms with Crippen LogP contribution in [0.4, 0.5) is 11.4 Å². The number of aromatic hydroxyl groups is 1. The number of benzene rings is 2. The van der Waals surface area contributed by atoms with Gasteiger partial charge < -0.3 is 10.4 Å². The SMILES string of the molecule is CS(=O)(=O)c1cccc(NCc2ccc(O)c(Br)c2)c1[N+](=O)[O-]. The number of nitro benzene ring substituents is 1. The van der Waals surface area contributed by atoms with E-state index in [0.717, 1.165) is 11.8 Å². The van der Waals surface area contributed by atoms with Gasteiger partial charge in [-0.3, -0.25) is 10.1 Å². The van der Waals surface area contributed by atoms with Gasteiger partial charge in [0.1, 0.15) is 16.3 Å². The fraction of sp³-hybridized carbons (Fsp3) is 0.143. The zero-order valence-electron chi connectivity index (χ0n) is 12.0. The summed E-state index contributed by atoms with van der Waals surface area (Å²) in [7, 11) is -3.72. The Balaban J connectivity index is 2.36. The Kier molecular flexibility index (Phi) is 4.90. The third kappa shape index (κ3) is 3.99. The Morgan fingerprint density at radius 1 is 1.30 bits per heavy atom. The van der Waals surface area contributed by atoms with Gasteiger partial charge in [-0.05, 0) is 45.8 Å². The number of nitrogens with zero attached hydrogens (tertiary/aromatic N) is 1. The average molecular weight is 401 g/mol. The van der Waals surface area contributed by atoms with Gasteiger partial charge in [0.05, 0.1) is 9.40 Å². The second-order valence-corrected chi connectivity index (χ2v) is 7.66. The molecule has 0 saturated carbocycles. The Morgan fingerprint density at radius 2 is 2.00 bits per heavy atom. The highest BCUT2D eigenvalue weighted by Gasteiger charge is 2.25. The number of phenolic OH excluding ortho intramolecular Hbond substituents is 1. The maximum Gasteiger partial charge on any atom is 0.310 e. The molecule has 0 fully saturated rings. The van der Waals surface area contributed by atoms with Gasteiger partial charge in [-0.2, -0.15) is 0 Å². The standard InChI is InChI=1S/C14H13BrN2O5S/c1-23(21,22)13-4-2-3-11(14(13)17(19)20)16-8-9-5-6-12(18)10(15)7-9/h2-7,16,18H,8H2,1H3. The van der Waals surface area contributed by atoms with Crippen LogP contribution in [0.15, 0.2) is 45.8 Å². The predicted octanol–water partition coefficient (Wildman–Crippen LogP) is 3.08. The van der Waals surface area contributed by atoms with E-state index in [0.29, 0.717) is 4.47 Å². The molecule has 23 heavy (non-hydrogen) atoms. The second-order valence-electron chi connectivity index (χ2n) is 4.82. The van der Waals surface area contributed by atoms with Crippen molar-refractivity contribution in [1.82, 2.24) is 0 Å². The van der Waals surface area contributed by atoms with Crippen molar-refractivity contribution < 1.29 is 18.4 Å². The molecule has 0 unspecified atom stereocenters. The van der Waals surface area contributed by atoms with Crippen molar-refractivity contribution in [3.63, 3.8) is 0 Å². The number of hydrogen-bond acceptors (Lipinski definition) is 6. The summed E-state index contributed by atoms with van der Waals surface area (Å²) in [6, 6.07) is 8.90. The van der Waals surface area contributed by atoms with Gasteiger partial charge in [0, 0.05) is 12.8 Å². The van der Waals surface area contributed by atoms with E-state index >= 15 is 0 Å². The molecule has 2 N–H and O–H groups in total. The summed E-state index contributed by atoms with van der Waals surface area (Å²) in [5.41, 5.74) is 0.392. The number of hydrogen-bond donors (Lipinski definition) is 2. The number of para-hydroxylation sites is 1. The minimum atomic E-state index is -3.72. The van der Waals surface area contributed by atoms with E-state index in [4.69, 9.17) is 0 Å². The van der Waals surface area contributed by atoms with Gasteiger partial charge in [0.2, 0.25) is 0 Å². The van der Waals surface area contributed by atoms with Crippen LogP contribution >= 0.6 is 15.9 Å². The van der Waals surface area contributed by atoms with Crippen LogP contribution in [-0.2, 0) is 16.4 Å². The smallest absolute Gasteiger partial charge is 0.310 e. The molecule has 0 bridgehead atoms. The molecule has 0 radical (unpaired) electrons. The Hall–Kier alpha value is -2.13. The summed E-state index contributed by atoms with van der Waals surface area (Å²) >= 11 is 3.18. The number of sulfone groups is 1. The molecule has 0 aliphatic carbocycles. The average Bonchev–Trinajstić information content (AvgIpc) is 2.47. The van der Waals surface area contributed by atoms with E-state index in [1.807, 2.05) is 0 Å². The van der Waals surface area contributed by atoms with Crippen LogP contribution in [0, 0.1) is 10.1 Å². The molecule has 2 rings (SSSR count). The van der Waals surface area contributed by atoms with E-state index < -0.39 is 20.4 Å². The Morgan fingerprint density at radius 3 is 2.57 bits per heavy atom. The Labute approximate surface area is 141 Å². The van der Waals surface area contributed by atoms with Crippen molar-refractivity contribution >= 4 is 37.1 Å². The van der Waals surface area contributed by atoms with Crippen LogP contribution in [0.25, 0.3) is 0 Å². The van der Waals surface area contributed by atoms with Gasteiger partial charge >= 0.3 is 5.69 Å². The molecule has 9 heteroatoms. The summed E-state index contributed by atoms with van der Waals surface area (Å²) in [4.78, 5) is 10.2. The summed E-state index contributed by atoms with van der Waals surface area (Å²) in [6.07, 6.45) is 0.927. The number of nitrogens with one attached hydrogen (secondary N) is 1. The second kappa shape index (κ2) is 6.55. The number of rotatable bonds is 5. The number of anilines is 1. The zero-order valence-corrected chi connectivity index (χ0v) is 14.4. The van der Waals surface area contributed by atoms with Crippen molar-refractivity contribution in [1.29, 1.82) is 0 Å². The van der Waals surface area contributed by atoms with Gasteiger partial charge in [0.25, 0.3) is 0 Å². The lowest BCUT2D eigenvalue weighted by Gasteiger charge is -2.10. The topological polar surface area (TPSA) is 110 Å². The van der Waals surface area contributed by atoms with E-state index in [9.17, 15) is 23.6 Å². The molecule has 0 saturated heterocycles. The quantitative estimate of drug-likeness (QED) is 0.589. The van der Waals surface area contributed by atoms with E-state index in [1.54, 1.807) is 12.1 Å². The van der Waals surface area contributed by atoms with Gasteiger partial charge in [-0.25, -0.2) is 8.42 Å². The minimum absolute atomic E-state index is 0.0822. The van der Waals surface area contributed by atoms with Crippen molar-refractivity contribution in [3.05, 3.63) is 56.5 Å². The lowest BCUT2D eigenvalue weighted by Crippen LogP contribution is -2.07. The monoisotopic (exact) mass is 400 g/mol. The molecule has 0 atom stereocenters. The Bertz CT molecular complexity index is 867. The molecule has 0 amide bonds. The first kappa shape index (κ1) is 17.2. The summed E-state index contributed by atoms with van der Waals surface area (Å²) in [6.45, 7) is 0.229. The third-order valence-electron chi connectivity index (χ3n) is 3.08. The first-order chi connectivity index (χ1) is 10.7. The molecule has 2 aromatic carbocycles. The van der Waals surface area contributed by atoms with Gasteiger partial charge in [0.15, 0.2) is 9.84 Å². The van der Waals surface area contributed by atoms with Crippen LogP contribution in [-0.4, -0.2) is 24.7 Å². The molecule has 0 aliphatic rings. The van der Waals surface area contributed by atoms with E-state index in [-0.39, 0.29) is 22.9 Å². The van der Waals surface area contributed by atoms with Crippen molar-refractivity contribution in [2.45, 2.75) is 11.4 Å². The maximum atomic E-state index is 11.7. The molecular weight excluding hydrogens is 388 g/mol. The van der Waals surface area contributed by atoms with E-state index in [1.165, 1.54) is 24.3 Å². The largest absolute Gasteiger partial charge is 0.507 e. The van der Waals surface area contributed by atoms with E-state index in [2.05, 4.69) is 21.2 Å². The summed E-state index contributed by atoms with van der Waals surface area (Å²) in [5.74, 6) is 0.0822. The van der Waals surface area contributed by atoms with Crippen LogP contribution < -0.4 is 5.32 Å². The molecule has 2 aromatic rings. The highest BCUT2D eigenvalue weighted by molar-refractivity contribution is 9.10. The maximum absolute atomic E-state index is 11.7. The predicted molar refractivity (Wildman–Crippen MR) is 89.3 cm³/mol. The molecule has 122 valence electrons. The van der Waals surface area contributed by atoms with Crippen LogP contribution in [0.3, 0.4) is 0 Å². The summed E-state index contributed by atoms with van der Waals surface area (Å²) < 4.78 is 23.9. The highest BCUT2D eigenvalue weighted by Crippen LogP contribution is 2.32. The van der Waals surface area contributed by atoms with Gasteiger partial charge in [-0.15, -0.1) is 0 Å². The normalized spacial score (nSPS) is 11.2. The van der Waals surface area contributed by atoms with Crippen molar-refractivity contribution in [3.8, 4) is 5.75 Å². The first-order valence-electron chi connectivity index (χ1n) is 6.39. The number of halogens is 1. The fourth-order valence-corrected chi connectivity index (χ4v) is 3.30. The lowest BCUT2D eigenvalue weighted by atomic mass is 10.2. The van der Waals surface area contributed by atoms with Gasteiger partial charge in [-0.1, -0.05) is 12.1 Å². The molecule has 0 aromatic heterocycles. The molecule has 0 heterocycles. The molecule has 0 aliphatic heterocycles. The zero-order chi connectivity index (χ0) is 17.2. The van der Waals surface area contributed by atoms with Crippen molar-refractivity contribution in [2.24, 2.45) is 0 Å². The molecule has 7 nitrogen and oxygen atoms in total. The molecule has 0 spiro atoms. The number of phenols is 1. The summed E-state index contributed by atoms with van der Waals surface area (Å²) in [5, 5.41) is 23.6. The highest BCUT2D eigenvalue weighted by atomic mass is 79.9. The van der Waals surface area contributed by atoms with Crippen molar-refractivity contribution in [2.75, 3.05) is 11.6 Å². The first-order valence-corrected chi connectivity index (χ1v) is 9.07. The fourth-order valence-electron chi connectivity index (χ4n) is 2.01. The molecular formula is C14H13BrN2O5S. The van der Waals surface area contributed by atoms with Crippen LogP contribution in [0.1, 0.15) is 5.56 Å². The third-order valence-corrected chi connectivity index (χ3v) is 4.84. The number of nitro groups is 1. The lowest BCUT2D eigenvalue weighted by molar-refractivity contribution is -0.386.